The topological polar surface area (TPSA) is 4.93 Å². The molecule has 1 heteroatoms. The first kappa shape index (κ1) is 23.9. The molecule has 0 fully saturated rings. The zero-order chi connectivity index (χ0) is 28.8. The lowest BCUT2D eigenvalue weighted by atomic mass is 9.90. The summed E-state index contributed by atoms with van der Waals surface area (Å²) in [5, 5.41) is 10.4. The number of rotatable bonds is 2. The van der Waals surface area contributed by atoms with Crippen LogP contribution in [0.1, 0.15) is 11.1 Å². The number of hydrogen-bond acceptors (Lipinski definition) is 0. The molecule has 1 aliphatic carbocycles. The fourth-order valence-electron chi connectivity index (χ4n) is 7.88. The molecule has 9 aromatic rings. The highest BCUT2D eigenvalue weighted by molar-refractivity contribution is 6.25. The molecule has 0 aliphatic heterocycles. The summed E-state index contributed by atoms with van der Waals surface area (Å²) in [5.74, 6) is 0. The standard InChI is InChI=1S/C43H27N/c1-2-12-30-27(11-1)23-40-38(25-29(26-41(30)40)44-42-19-9-7-17-36(42)37-18-8-10-20-43(37)44)28-21-22-35-33-15-4-3-13-31(33)32-14-5-6-16-34(32)39(35)24-28/h1-22,24-26H,23H2. The Morgan fingerprint density at radius 3 is 1.52 bits per heavy atom. The first-order valence-electron chi connectivity index (χ1n) is 15.4. The van der Waals surface area contributed by atoms with E-state index in [0.717, 1.165) is 6.42 Å². The van der Waals surface area contributed by atoms with Gasteiger partial charge in [-0.1, -0.05) is 121 Å². The van der Waals surface area contributed by atoms with Crippen LogP contribution < -0.4 is 0 Å². The van der Waals surface area contributed by atoms with Crippen molar-refractivity contribution in [3.63, 3.8) is 0 Å². The van der Waals surface area contributed by atoms with E-state index in [-0.39, 0.29) is 0 Å². The SMILES string of the molecule is c1ccc2c(c1)Cc1c(-c3ccc4c5ccccc5c5ccccc5c4c3)cc(-n3c4ccccc4c4ccccc43)cc1-2. The molecule has 10 rings (SSSR count). The normalized spacial score (nSPS) is 12.5. The lowest BCUT2D eigenvalue weighted by Crippen LogP contribution is -1.98. The first-order chi connectivity index (χ1) is 21.8. The molecule has 1 aliphatic rings. The summed E-state index contributed by atoms with van der Waals surface area (Å²) in [6.45, 7) is 0. The lowest BCUT2D eigenvalue weighted by Gasteiger charge is -2.17. The Kier molecular flexibility index (Phi) is 4.84. The molecule has 1 heterocycles. The van der Waals surface area contributed by atoms with Crippen LogP contribution in [-0.2, 0) is 6.42 Å². The Morgan fingerprint density at radius 2 is 0.864 bits per heavy atom. The summed E-state index contributed by atoms with van der Waals surface area (Å²) < 4.78 is 2.46. The highest BCUT2D eigenvalue weighted by Crippen LogP contribution is 2.46. The van der Waals surface area contributed by atoms with Crippen molar-refractivity contribution < 1.29 is 0 Å². The Hall–Kier alpha value is -5.66. The van der Waals surface area contributed by atoms with E-state index in [9.17, 15) is 0 Å². The molecule has 204 valence electrons. The largest absolute Gasteiger partial charge is 0.309 e. The Balaban J connectivity index is 1.31. The summed E-state index contributed by atoms with van der Waals surface area (Å²) in [6, 6.07) is 56.2. The van der Waals surface area contributed by atoms with Gasteiger partial charge in [-0.3, -0.25) is 0 Å². The van der Waals surface area contributed by atoms with Crippen molar-refractivity contribution in [2.75, 3.05) is 0 Å². The molecule has 0 saturated heterocycles. The van der Waals surface area contributed by atoms with Crippen molar-refractivity contribution in [2.45, 2.75) is 6.42 Å². The van der Waals surface area contributed by atoms with Crippen molar-refractivity contribution in [1.82, 2.24) is 4.57 Å². The molecule has 0 atom stereocenters. The molecule has 0 unspecified atom stereocenters. The van der Waals surface area contributed by atoms with E-state index in [1.54, 1.807) is 0 Å². The van der Waals surface area contributed by atoms with Crippen LogP contribution in [0.15, 0.2) is 152 Å². The summed E-state index contributed by atoms with van der Waals surface area (Å²) in [5.41, 5.74) is 11.8. The molecule has 0 bridgehead atoms. The molecule has 0 spiro atoms. The van der Waals surface area contributed by atoms with Crippen LogP contribution in [0.3, 0.4) is 0 Å². The highest BCUT2D eigenvalue weighted by atomic mass is 15.0. The van der Waals surface area contributed by atoms with Gasteiger partial charge in [-0.15, -0.1) is 0 Å². The Morgan fingerprint density at radius 1 is 0.364 bits per heavy atom. The zero-order valence-electron chi connectivity index (χ0n) is 24.1. The fraction of sp³-hybridized carbons (Fsp3) is 0.0233. The Labute approximate surface area is 255 Å². The van der Waals surface area contributed by atoms with E-state index in [0.29, 0.717) is 0 Å². The van der Waals surface area contributed by atoms with Crippen LogP contribution in [0.25, 0.3) is 82.1 Å². The second-order valence-electron chi connectivity index (χ2n) is 12.1. The second kappa shape index (κ2) is 8.92. The van der Waals surface area contributed by atoms with E-state index < -0.39 is 0 Å². The quantitative estimate of drug-likeness (QED) is 0.186. The molecular weight excluding hydrogens is 530 g/mol. The monoisotopic (exact) mass is 557 g/mol. The van der Waals surface area contributed by atoms with Crippen LogP contribution in [-0.4, -0.2) is 4.57 Å². The molecule has 0 amide bonds. The van der Waals surface area contributed by atoms with Crippen LogP contribution in [0.2, 0.25) is 0 Å². The van der Waals surface area contributed by atoms with Gasteiger partial charge in [0, 0.05) is 16.5 Å². The Bertz CT molecular complexity index is 2550. The average Bonchev–Trinajstić information content (AvgIpc) is 3.64. The summed E-state index contributed by atoms with van der Waals surface area (Å²) in [4.78, 5) is 0. The van der Waals surface area contributed by atoms with E-state index in [1.165, 1.54) is 93.2 Å². The van der Waals surface area contributed by atoms with Gasteiger partial charge in [0.15, 0.2) is 0 Å². The maximum atomic E-state index is 2.46. The van der Waals surface area contributed by atoms with Crippen LogP contribution >= 0.6 is 0 Å². The third-order valence-electron chi connectivity index (χ3n) is 9.80. The van der Waals surface area contributed by atoms with Crippen molar-refractivity contribution >= 4 is 54.1 Å². The third-order valence-corrected chi connectivity index (χ3v) is 9.80. The maximum Gasteiger partial charge on any atom is 0.0541 e. The molecular formula is C43H27N. The van der Waals surface area contributed by atoms with Crippen molar-refractivity contribution in [2.24, 2.45) is 0 Å². The molecule has 1 nitrogen and oxygen atoms in total. The predicted molar refractivity (Wildman–Crippen MR) is 187 cm³/mol. The lowest BCUT2D eigenvalue weighted by molar-refractivity contribution is 1.17. The molecule has 0 saturated carbocycles. The molecule has 8 aromatic carbocycles. The van der Waals surface area contributed by atoms with Gasteiger partial charge in [-0.2, -0.15) is 0 Å². The van der Waals surface area contributed by atoms with Gasteiger partial charge in [-0.05, 0) is 102 Å². The molecule has 44 heavy (non-hydrogen) atoms. The average molecular weight is 558 g/mol. The molecule has 0 radical (unpaired) electrons. The zero-order valence-corrected chi connectivity index (χ0v) is 24.1. The summed E-state index contributed by atoms with van der Waals surface area (Å²) in [7, 11) is 0. The van der Waals surface area contributed by atoms with Crippen molar-refractivity contribution in [3.05, 3.63) is 163 Å². The summed E-state index contributed by atoms with van der Waals surface area (Å²) >= 11 is 0. The predicted octanol–water partition coefficient (Wildman–Crippen LogP) is 11.5. The number of fused-ring (bicyclic) bond motifs is 12. The van der Waals surface area contributed by atoms with Crippen molar-refractivity contribution in [3.8, 4) is 27.9 Å². The van der Waals surface area contributed by atoms with Gasteiger partial charge >= 0.3 is 0 Å². The number of hydrogen-bond donors (Lipinski definition) is 0. The minimum Gasteiger partial charge on any atom is -0.309 e. The van der Waals surface area contributed by atoms with E-state index in [4.69, 9.17) is 0 Å². The number of benzene rings is 8. The summed E-state index contributed by atoms with van der Waals surface area (Å²) in [6.07, 6.45) is 0.949. The van der Waals surface area contributed by atoms with Crippen LogP contribution in [0.4, 0.5) is 0 Å². The maximum absolute atomic E-state index is 2.46. The minimum atomic E-state index is 0.949. The van der Waals surface area contributed by atoms with Gasteiger partial charge < -0.3 is 4.57 Å². The van der Waals surface area contributed by atoms with E-state index >= 15 is 0 Å². The molecule has 1 aromatic heterocycles. The van der Waals surface area contributed by atoms with Gasteiger partial charge in [-0.25, -0.2) is 0 Å². The number of nitrogens with zero attached hydrogens (tertiary/aromatic N) is 1. The highest BCUT2D eigenvalue weighted by Gasteiger charge is 2.24. The number of aromatic nitrogens is 1. The van der Waals surface area contributed by atoms with E-state index in [2.05, 4.69) is 156 Å². The van der Waals surface area contributed by atoms with Gasteiger partial charge in [0.1, 0.15) is 0 Å². The van der Waals surface area contributed by atoms with Gasteiger partial charge in [0.05, 0.1) is 11.0 Å². The minimum absolute atomic E-state index is 0.949. The van der Waals surface area contributed by atoms with Crippen LogP contribution in [0.5, 0.6) is 0 Å². The molecule has 0 N–H and O–H groups in total. The first-order valence-corrected chi connectivity index (χ1v) is 15.4. The number of para-hydroxylation sites is 2. The smallest absolute Gasteiger partial charge is 0.0541 e. The van der Waals surface area contributed by atoms with Gasteiger partial charge in [0.2, 0.25) is 0 Å². The third kappa shape index (κ3) is 3.24. The van der Waals surface area contributed by atoms with Crippen molar-refractivity contribution in [1.29, 1.82) is 0 Å². The second-order valence-corrected chi connectivity index (χ2v) is 12.1. The van der Waals surface area contributed by atoms with Gasteiger partial charge in [0.25, 0.3) is 0 Å². The fourth-order valence-corrected chi connectivity index (χ4v) is 7.88. The van der Waals surface area contributed by atoms with Crippen LogP contribution in [0, 0.1) is 0 Å². The van der Waals surface area contributed by atoms with E-state index in [1.807, 2.05) is 0 Å².